The van der Waals surface area contributed by atoms with Crippen molar-refractivity contribution in [2.75, 3.05) is 0 Å². The molecule has 0 radical (unpaired) electrons. The number of aryl methyl sites for hydroxylation is 4. The van der Waals surface area contributed by atoms with E-state index in [4.69, 9.17) is 9.98 Å². The van der Waals surface area contributed by atoms with E-state index in [0.29, 0.717) is 0 Å². The van der Waals surface area contributed by atoms with Crippen molar-refractivity contribution in [1.82, 2.24) is 0 Å². The maximum atomic E-state index is 5.07. The molecule has 2 rings (SSSR count). The van der Waals surface area contributed by atoms with Crippen molar-refractivity contribution in [2.24, 2.45) is 9.98 Å². The van der Waals surface area contributed by atoms with Crippen LogP contribution in [0.2, 0.25) is 0 Å². The molecule has 0 unspecified atom stereocenters. The molecule has 0 aliphatic heterocycles. The fraction of sp³-hybridized carbons (Fsp3) is 0.500. The van der Waals surface area contributed by atoms with Gasteiger partial charge in [0.05, 0.1) is 22.8 Å². The van der Waals surface area contributed by atoms with Crippen LogP contribution in [0.1, 0.15) is 89.5 Å². The summed E-state index contributed by atoms with van der Waals surface area (Å²) in [4.78, 5) is 10.1. The third-order valence-electron chi connectivity index (χ3n) is 5.90. The smallest absolute Gasteiger partial charge is 0.0636 e. The number of unbranched alkanes of at least 4 members (excludes halogenated alkanes) is 2. The third-order valence-corrected chi connectivity index (χ3v) is 5.90. The van der Waals surface area contributed by atoms with Gasteiger partial charge in [-0.1, -0.05) is 59.6 Å². The quantitative estimate of drug-likeness (QED) is 0.182. The molecule has 0 bridgehead atoms. The van der Waals surface area contributed by atoms with E-state index in [1.54, 1.807) is 0 Å². The van der Waals surface area contributed by atoms with E-state index in [-0.39, 0.29) is 16.5 Å². The van der Waals surface area contributed by atoms with Crippen molar-refractivity contribution in [2.45, 2.75) is 92.9 Å². The third kappa shape index (κ3) is 8.04. The van der Waals surface area contributed by atoms with Crippen molar-refractivity contribution in [3.63, 3.8) is 0 Å². The molecule has 3 heteroatoms. The molecule has 172 valence electrons. The van der Waals surface area contributed by atoms with Crippen molar-refractivity contribution in [1.29, 1.82) is 0 Å². The summed E-state index contributed by atoms with van der Waals surface area (Å²) in [5.74, 6) is 0. The molecule has 0 saturated carbocycles. The molecule has 2 aromatic rings. The summed E-state index contributed by atoms with van der Waals surface area (Å²) in [7, 11) is 0. The maximum absolute atomic E-state index is 5.07. The Balaban J connectivity index is 0.00000480. The average Bonchev–Trinajstić information content (AvgIpc) is 2.78. The van der Waals surface area contributed by atoms with Gasteiger partial charge in [0.25, 0.3) is 0 Å². The molecule has 0 spiro atoms. The fourth-order valence-electron chi connectivity index (χ4n) is 3.99. The van der Waals surface area contributed by atoms with Crippen LogP contribution in [0.15, 0.2) is 46.4 Å². The minimum atomic E-state index is 0. The van der Waals surface area contributed by atoms with Crippen LogP contribution in [-0.2, 0) is 42.2 Å². The number of aliphatic imine (C=N–C) groups is 2. The molecule has 0 aromatic heterocycles. The Morgan fingerprint density at radius 1 is 0.645 bits per heavy atom. The minimum absolute atomic E-state index is 0. The molecule has 0 N–H and O–H groups in total. The van der Waals surface area contributed by atoms with Crippen LogP contribution in [0.3, 0.4) is 0 Å². The van der Waals surface area contributed by atoms with Crippen LogP contribution in [0, 0.1) is 0 Å². The topological polar surface area (TPSA) is 24.7 Å². The van der Waals surface area contributed by atoms with E-state index in [0.717, 1.165) is 61.3 Å². The summed E-state index contributed by atoms with van der Waals surface area (Å²) in [5.41, 5.74) is 9.91. The van der Waals surface area contributed by atoms with Gasteiger partial charge in [0.15, 0.2) is 0 Å². The normalized spacial score (nSPS) is 12.1. The van der Waals surface area contributed by atoms with Gasteiger partial charge in [0.2, 0.25) is 0 Å². The van der Waals surface area contributed by atoms with Crippen molar-refractivity contribution < 1.29 is 16.5 Å². The monoisotopic (exact) mass is 462 g/mol. The van der Waals surface area contributed by atoms with E-state index in [1.807, 2.05) is 0 Å². The van der Waals surface area contributed by atoms with E-state index >= 15 is 0 Å². The van der Waals surface area contributed by atoms with Crippen molar-refractivity contribution in [3.8, 4) is 0 Å². The van der Waals surface area contributed by atoms with E-state index in [2.05, 4.69) is 77.9 Å². The van der Waals surface area contributed by atoms with E-state index in [1.165, 1.54) is 35.1 Å². The zero-order valence-corrected chi connectivity index (χ0v) is 21.3. The zero-order valence-electron chi connectivity index (χ0n) is 20.3. The summed E-state index contributed by atoms with van der Waals surface area (Å²) in [5, 5.41) is 0. The van der Waals surface area contributed by atoms with Crippen molar-refractivity contribution >= 4 is 22.8 Å². The SMILES string of the molecule is CCCCCC(=Nc1ccc(CC)c(CC)c1)C(C)=Nc1ccc(CC)c(CC)c1.[Ni]. The number of hydrogen-bond donors (Lipinski definition) is 0. The first-order valence-electron chi connectivity index (χ1n) is 11.9. The van der Waals surface area contributed by atoms with Gasteiger partial charge in [-0.2, -0.15) is 0 Å². The Hall–Kier alpha value is -1.73. The first-order chi connectivity index (χ1) is 14.6. The maximum Gasteiger partial charge on any atom is 0.0636 e. The van der Waals surface area contributed by atoms with Gasteiger partial charge in [0, 0.05) is 16.5 Å². The molecule has 2 nitrogen and oxygen atoms in total. The van der Waals surface area contributed by atoms with Gasteiger partial charge in [0.1, 0.15) is 0 Å². The first-order valence-corrected chi connectivity index (χ1v) is 11.9. The number of nitrogens with zero attached hydrogens (tertiary/aromatic N) is 2. The summed E-state index contributed by atoms with van der Waals surface area (Å²) < 4.78 is 0. The predicted molar refractivity (Wildman–Crippen MR) is 134 cm³/mol. The molecule has 0 aliphatic rings. The Morgan fingerprint density at radius 3 is 1.58 bits per heavy atom. The number of benzene rings is 2. The van der Waals surface area contributed by atoms with E-state index in [9.17, 15) is 0 Å². The Kier molecular flexibility index (Phi) is 12.6. The van der Waals surface area contributed by atoms with Crippen LogP contribution in [-0.4, -0.2) is 11.4 Å². The van der Waals surface area contributed by atoms with Gasteiger partial charge in [-0.3, -0.25) is 9.98 Å². The Bertz CT molecular complexity index is 881. The molecular weight excluding hydrogens is 423 g/mol. The molecule has 0 heterocycles. The van der Waals surface area contributed by atoms with Gasteiger partial charge >= 0.3 is 0 Å². The Morgan fingerprint density at radius 2 is 1.13 bits per heavy atom. The van der Waals surface area contributed by atoms with Gasteiger partial charge in [-0.15, -0.1) is 0 Å². The largest absolute Gasteiger partial charge is 0.252 e. The Labute approximate surface area is 200 Å². The van der Waals surface area contributed by atoms with Crippen LogP contribution in [0.5, 0.6) is 0 Å². The van der Waals surface area contributed by atoms with Gasteiger partial charge in [-0.05, 0) is 92.0 Å². The molecule has 0 fully saturated rings. The second kappa shape index (κ2) is 14.4. The van der Waals surface area contributed by atoms with Gasteiger partial charge in [-0.25, -0.2) is 0 Å². The second-order valence-corrected chi connectivity index (χ2v) is 8.03. The molecule has 0 saturated heterocycles. The molecule has 0 atom stereocenters. The molecular formula is C28H40N2Ni. The van der Waals surface area contributed by atoms with E-state index < -0.39 is 0 Å². The van der Waals surface area contributed by atoms with Crippen LogP contribution in [0.25, 0.3) is 0 Å². The summed E-state index contributed by atoms with van der Waals surface area (Å²) in [6.45, 7) is 13.2. The number of rotatable bonds is 11. The van der Waals surface area contributed by atoms with Crippen molar-refractivity contribution in [3.05, 3.63) is 58.7 Å². The summed E-state index contributed by atoms with van der Waals surface area (Å²) in [6, 6.07) is 13.3. The standard InChI is InChI=1S/C28H40N2.Ni/c1-7-12-13-14-28(30-27-18-16-23(9-3)25(11-5)20-27)21(6)29-26-17-15-22(8-2)24(10-4)19-26;/h15-20H,7-14H2,1-6H3;. The second-order valence-electron chi connectivity index (χ2n) is 8.03. The minimum Gasteiger partial charge on any atom is -0.252 e. The molecule has 31 heavy (non-hydrogen) atoms. The average molecular weight is 463 g/mol. The van der Waals surface area contributed by atoms with Gasteiger partial charge < -0.3 is 0 Å². The predicted octanol–water partition coefficient (Wildman–Crippen LogP) is 8.38. The molecule has 0 amide bonds. The first kappa shape index (κ1) is 27.3. The summed E-state index contributed by atoms with van der Waals surface area (Å²) in [6.07, 6.45) is 8.83. The zero-order chi connectivity index (χ0) is 21.9. The fourth-order valence-corrected chi connectivity index (χ4v) is 3.99. The summed E-state index contributed by atoms with van der Waals surface area (Å²) >= 11 is 0. The van der Waals surface area contributed by atoms with Crippen LogP contribution >= 0.6 is 0 Å². The molecule has 0 aliphatic carbocycles. The number of hydrogen-bond acceptors (Lipinski definition) is 2. The molecule has 2 aromatic carbocycles. The van der Waals surface area contributed by atoms with Crippen LogP contribution < -0.4 is 0 Å². The van der Waals surface area contributed by atoms with Crippen LogP contribution in [0.4, 0.5) is 11.4 Å².